The molecule has 0 unspecified atom stereocenters. The highest BCUT2D eigenvalue weighted by Gasteiger charge is 2.19. The standard InChI is InChI=1S/C14H25N5/c1-4-9-18(2)13-10-14(17-11-16-13)19(3)12-5-7-15-8-6-12/h10-12,15H,4-9H2,1-3H3. The molecular weight excluding hydrogens is 238 g/mol. The minimum absolute atomic E-state index is 0.584. The minimum atomic E-state index is 0.584. The van der Waals surface area contributed by atoms with E-state index in [1.54, 1.807) is 6.33 Å². The molecular formula is C14H25N5. The molecule has 106 valence electrons. The fraction of sp³-hybridized carbons (Fsp3) is 0.714. The van der Waals surface area contributed by atoms with Gasteiger partial charge in [-0.25, -0.2) is 9.97 Å². The van der Waals surface area contributed by atoms with E-state index in [0.717, 1.165) is 37.7 Å². The highest BCUT2D eigenvalue weighted by Crippen LogP contribution is 2.20. The summed E-state index contributed by atoms with van der Waals surface area (Å²) in [5, 5.41) is 3.40. The second-order valence-electron chi connectivity index (χ2n) is 5.25. The van der Waals surface area contributed by atoms with Crippen molar-refractivity contribution in [3.63, 3.8) is 0 Å². The van der Waals surface area contributed by atoms with Gasteiger partial charge >= 0.3 is 0 Å². The van der Waals surface area contributed by atoms with Crippen LogP contribution in [0.3, 0.4) is 0 Å². The molecule has 0 amide bonds. The van der Waals surface area contributed by atoms with Crippen molar-refractivity contribution in [2.24, 2.45) is 0 Å². The second kappa shape index (κ2) is 6.70. The number of anilines is 2. The molecule has 1 aliphatic heterocycles. The Morgan fingerprint density at radius 1 is 1.21 bits per heavy atom. The van der Waals surface area contributed by atoms with Crippen molar-refractivity contribution in [2.75, 3.05) is 43.5 Å². The number of aromatic nitrogens is 2. The molecule has 0 aliphatic carbocycles. The molecule has 5 nitrogen and oxygen atoms in total. The summed E-state index contributed by atoms with van der Waals surface area (Å²) < 4.78 is 0. The molecule has 2 heterocycles. The van der Waals surface area contributed by atoms with Crippen molar-refractivity contribution in [3.8, 4) is 0 Å². The Labute approximate surface area is 116 Å². The van der Waals surface area contributed by atoms with Crippen LogP contribution in [0.1, 0.15) is 26.2 Å². The number of hydrogen-bond acceptors (Lipinski definition) is 5. The molecule has 1 aromatic heterocycles. The number of nitrogens with one attached hydrogen (secondary N) is 1. The van der Waals surface area contributed by atoms with Crippen LogP contribution < -0.4 is 15.1 Å². The maximum Gasteiger partial charge on any atom is 0.134 e. The summed E-state index contributed by atoms with van der Waals surface area (Å²) in [7, 11) is 4.22. The van der Waals surface area contributed by atoms with Crippen LogP contribution in [-0.2, 0) is 0 Å². The summed E-state index contributed by atoms with van der Waals surface area (Å²) in [6.07, 6.45) is 5.16. The van der Waals surface area contributed by atoms with E-state index >= 15 is 0 Å². The quantitative estimate of drug-likeness (QED) is 0.872. The van der Waals surface area contributed by atoms with Gasteiger partial charge in [0.15, 0.2) is 0 Å². The lowest BCUT2D eigenvalue weighted by molar-refractivity contribution is 0.441. The predicted molar refractivity (Wildman–Crippen MR) is 79.9 cm³/mol. The van der Waals surface area contributed by atoms with Crippen molar-refractivity contribution >= 4 is 11.6 Å². The first kappa shape index (κ1) is 14.1. The van der Waals surface area contributed by atoms with Crippen LogP contribution in [0.5, 0.6) is 0 Å². The van der Waals surface area contributed by atoms with Crippen LogP contribution >= 0.6 is 0 Å². The topological polar surface area (TPSA) is 44.3 Å². The molecule has 0 saturated carbocycles. The Hall–Kier alpha value is -1.36. The van der Waals surface area contributed by atoms with Crippen LogP contribution in [0, 0.1) is 0 Å². The SMILES string of the molecule is CCCN(C)c1cc(N(C)C2CCNCC2)ncn1. The second-order valence-corrected chi connectivity index (χ2v) is 5.25. The van der Waals surface area contributed by atoms with Gasteiger partial charge in [-0.05, 0) is 32.4 Å². The first-order chi connectivity index (χ1) is 9.22. The van der Waals surface area contributed by atoms with E-state index in [1.807, 2.05) is 0 Å². The number of nitrogens with zero attached hydrogens (tertiary/aromatic N) is 4. The maximum atomic E-state index is 4.42. The van der Waals surface area contributed by atoms with Gasteiger partial charge in [0.25, 0.3) is 0 Å². The summed E-state index contributed by atoms with van der Waals surface area (Å²) >= 11 is 0. The van der Waals surface area contributed by atoms with Crippen molar-refractivity contribution in [1.29, 1.82) is 0 Å². The molecule has 0 radical (unpaired) electrons. The van der Waals surface area contributed by atoms with Crippen LogP contribution in [0.4, 0.5) is 11.6 Å². The summed E-state index contributed by atoms with van der Waals surface area (Å²) in [5.41, 5.74) is 0. The van der Waals surface area contributed by atoms with Crippen molar-refractivity contribution in [3.05, 3.63) is 12.4 Å². The Bertz CT molecular complexity index is 389. The average Bonchev–Trinajstić information content (AvgIpc) is 2.48. The summed E-state index contributed by atoms with van der Waals surface area (Å²) in [4.78, 5) is 13.3. The Balaban J connectivity index is 2.08. The number of hydrogen-bond donors (Lipinski definition) is 1. The van der Waals surface area contributed by atoms with Gasteiger partial charge in [0.05, 0.1) is 0 Å². The molecule has 1 aromatic rings. The van der Waals surface area contributed by atoms with Gasteiger partial charge in [-0.1, -0.05) is 6.92 Å². The molecule has 0 atom stereocenters. The van der Waals surface area contributed by atoms with Crippen molar-refractivity contribution in [2.45, 2.75) is 32.2 Å². The lowest BCUT2D eigenvalue weighted by atomic mass is 10.1. The Morgan fingerprint density at radius 3 is 2.58 bits per heavy atom. The largest absolute Gasteiger partial charge is 0.360 e. The molecule has 19 heavy (non-hydrogen) atoms. The van der Waals surface area contributed by atoms with E-state index in [9.17, 15) is 0 Å². The lowest BCUT2D eigenvalue weighted by Gasteiger charge is -2.32. The molecule has 0 spiro atoms. The normalized spacial score (nSPS) is 16.4. The Morgan fingerprint density at radius 2 is 1.89 bits per heavy atom. The predicted octanol–water partition coefficient (Wildman–Crippen LogP) is 1.51. The highest BCUT2D eigenvalue weighted by atomic mass is 15.2. The third kappa shape index (κ3) is 3.56. The summed E-state index contributed by atoms with van der Waals surface area (Å²) in [6.45, 7) is 5.40. The molecule has 1 fully saturated rings. The number of piperidine rings is 1. The van der Waals surface area contributed by atoms with E-state index in [-0.39, 0.29) is 0 Å². The van der Waals surface area contributed by atoms with E-state index in [1.165, 1.54) is 12.8 Å². The van der Waals surface area contributed by atoms with Gasteiger partial charge in [0, 0.05) is 32.7 Å². The molecule has 1 saturated heterocycles. The van der Waals surface area contributed by atoms with Gasteiger partial charge in [-0.2, -0.15) is 0 Å². The summed E-state index contributed by atoms with van der Waals surface area (Å²) in [6, 6.07) is 2.68. The lowest BCUT2D eigenvalue weighted by Crippen LogP contribution is -2.41. The highest BCUT2D eigenvalue weighted by molar-refractivity contribution is 5.49. The fourth-order valence-electron chi connectivity index (χ4n) is 2.57. The first-order valence-corrected chi connectivity index (χ1v) is 7.19. The molecule has 1 aliphatic rings. The molecule has 5 heteroatoms. The molecule has 0 bridgehead atoms. The van der Waals surface area contributed by atoms with E-state index in [4.69, 9.17) is 0 Å². The van der Waals surface area contributed by atoms with Crippen molar-refractivity contribution in [1.82, 2.24) is 15.3 Å². The van der Waals surface area contributed by atoms with Crippen molar-refractivity contribution < 1.29 is 0 Å². The van der Waals surface area contributed by atoms with E-state index < -0.39 is 0 Å². The van der Waals surface area contributed by atoms with E-state index in [2.05, 4.69) is 52.2 Å². The fourth-order valence-corrected chi connectivity index (χ4v) is 2.57. The molecule has 1 N–H and O–H groups in total. The van der Waals surface area contributed by atoms with Crippen LogP contribution in [0.2, 0.25) is 0 Å². The van der Waals surface area contributed by atoms with Crippen LogP contribution in [0.25, 0.3) is 0 Å². The third-order valence-electron chi connectivity index (χ3n) is 3.81. The zero-order chi connectivity index (χ0) is 13.7. The summed E-state index contributed by atoms with van der Waals surface area (Å²) in [5.74, 6) is 2.03. The smallest absolute Gasteiger partial charge is 0.134 e. The van der Waals surface area contributed by atoms with Gasteiger partial charge in [0.1, 0.15) is 18.0 Å². The van der Waals surface area contributed by atoms with E-state index in [0.29, 0.717) is 6.04 Å². The maximum absolute atomic E-state index is 4.42. The molecule has 2 rings (SSSR count). The average molecular weight is 263 g/mol. The zero-order valence-electron chi connectivity index (χ0n) is 12.3. The van der Waals surface area contributed by atoms with Gasteiger partial charge < -0.3 is 15.1 Å². The first-order valence-electron chi connectivity index (χ1n) is 7.19. The monoisotopic (exact) mass is 263 g/mol. The van der Waals surface area contributed by atoms with Gasteiger partial charge in [-0.15, -0.1) is 0 Å². The minimum Gasteiger partial charge on any atom is -0.360 e. The number of rotatable bonds is 5. The third-order valence-corrected chi connectivity index (χ3v) is 3.81. The van der Waals surface area contributed by atoms with Gasteiger partial charge in [-0.3, -0.25) is 0 Å². The van der Waals surface area contributed by atoms with Gasteiger partial charge in [0.2, 0.25) is 0 Å². The Kier molecular flexibility index (Phi) is 4.96. The van der Waals surface area contributed by atoms with Crippen LogP contribution in [-0.4, -0.2) is 49.7 Å². The molecule has 0 aromatic carbocycles. The van der Waals surface area contributed by atoms with Crippen LogP contribution in [0.15, 0.2) is 12.4 Å². The zero-order valence-corrected chi connectivity index (χ0v) is 12.3.